The van der Waals surface area contributed by atoms with Gasteiger partial charge in [-0.05, 0) is 24.6 Å². The van der Waals surface area contributed by atoms with Crippen LogP contribution in [0.25, 0.3) is 0 Å². The topological polar surface area (TPSA) is 35.5 Å². The fourth-order valence-electron chi connectivity index (χ4n) is 1.26. The minimum absolute atomic E-state index is 0.0336. The molecule has 1 rings (SSSR count). The van der Waals surface area contributed by atoms with Crippen LogP contribution in [0.1, 0.15) is 22.8 Å². The Morgan fingerprint density at radius 1 is 1.44 bits per heavy atom. The molecular formula is C11H10Br2F2O3. The second-order valence-electron chi connectivity index (χ2n) is 3.17. The van der Waals surface area contributed by atoms with Crippen molar-refractivity contribution in [3.05, 3.63) is 27.7 Å². The van der Waals surface area contributed by atoms with Crippen LogP contribution in [-0.2, 0) is 10.1 Å². The zero-order valence-corrected chi connectivity index (χ0v) is 12.6. The Hall–Kier alpha value is -0.690. The van der Waals surface area contributed by atoms with Gasteiger partial charge in [-0.3, -0.25) is 0 Å². The van der Waals surface area contributed by atoms with E-state index in [0.29, 0.717) is 15.4 Å². The molecular weight excluding hydrogens is 378 g/mol. The van der Waals surface area contributed by atoms with Crippen molar-refractivity contribution < 1.29 is 23.0 Å². The maximum absolute atomic E-state index is 12.3. The van der Waals surface area contributed by atoms with Gasteiger partial charge in [-0.25, -0.2) is 4.79 Å². The van der Waals surface area contributed by atoms with Crippen LogP contribution in [0.15, 0.2) is 16.6 Å². The molecule has 0 unspecified atom stereocenters. The fourth-order valence-corrected chi connectivity index (χ4v) is 2.58. The first-order chi connectivity index (χ1) is 8.49. The van der Waals surface area contributed by atoms with E-state index >= 15 is 0 Å². The maximum atomic E-state index is 12.3. The first-order valence-electron chi connectivity index (χ1n) is 4.99. The number of benzene rings is 1. The van der Waals surface area contributed by atoms with Gasteiger partial charge in [0.25, 0.3) is 0 Å². The van der Waals surface area contributed by atoms with Crippen molar-refractivity contribution in [2.45, 2.75) is 18.9 Å². The number of alkyl halides is 3. The lowest BCUT2D eigenvalue weighted by Crippen LogP contribution is -2.11. The molecule has 0 aliphatic heterocycles. The van der Waals surface area contributed by atoms with E-state index in [1.807, 2.05) is 0 Å². The third kappa shape index (κ3) is 3.91. The Balaban J connectivity index is 3.20. The molecule has 0 aliphatic carbocycles. The van der Waals surface area contributed by atoms with E-state index in [9.17, 15) is 13.6 Å². The summed E-state index contributed by atoms with van der Waals surface area (Å²) in [6.07, 6.45) is 0. The molecule has 0 N–H and O–H groups in total. The van der Waals surface area contributed by atoms with Crippen LogP contribution in [0.2, 0.25) is 0 Å². The number of halogens is 4. The molecule has 0 aliphatic rings. The lowest BCUT2D eigenvalue weighted by Gasteiger charge is -2.12. The Kier molecular flexibility index (Phi) is 6.01. The molecule has 0 heterocycles. The molecule has 0 amide bonds. The molecule has 0 saturated carbocycles. The largest absolute Gasteiger partial charge is 0.462 e. The number of esters is 1. The van der Waals surface area contributed by atoms with E-state index in [0.717, 1.165) is 0 Å². The Labute approximate surface area is 120 Å². The summed E-state index contributed by atoms with van der Waals surface area (Å²) in [7, 11) is 0. The summed E-state index contributed by atoms with van der Waals surface area (Å²) in [6.45, 7) is -1.21. The highest BCUT2D eigenvalue weighted by atomic mass is 79.9. The highest BCUT2D eigenvalue weighted by molar-refractivity contribution is 9.10. The lowest BCUT2D eigenvalue weighted by atomic mass is 10.1. The van der Waals surface area contributed by atoms with Crippen molar-refractivity contribution >= 4 is 37.8 Å². The van der Waals surface area contributed by atoms with Crippen LogP contribution in [0.5, 0.6) is 5.75 Å². The predicted octanol–water partition coefficient (Wildman–Crippen LogP) is 4.12. The van der Waals surface area contributed by atoms with E-state index in [-0.39, 0.29) is 17.9 Å². The molecule has 1 aromatic rings. The van der Waals surface area contributed by atoms with Crippen LogP contribution < -0.4 is 4.74 Å². The van der Waals surface area contributed by atoms with Crippen LogP contribution in [0, 0.1) is 0 Å². The Morgan fingerprint density at radius 2 is 2.11 bits per heavy atom. The van der Waals surface area contributed by atoms with Gasteiger partial charge in [-0.15, -0.1) is 0 Å². The molecule has 0 fully saturated rings. The second-order valence-corrected chi connectivity index (χ2v) is 4.59. The highest BCUT2D eigenvalue weighted by Crippen LogP contribution is 2.30. The molecule has 0 radical (unpaired) electrons. The standard InChI is InChI=1S/C11H10Br2F2O3/c1-2-17-10(16)7-4-8(13)6(5-12)3-9(7)18-11(14)15/h3-4,11H,2,5H2,1H3. The van der Waals surface area contributed by atoms with Gasteiger partial charge in [0, 0.05) is 9.80 Å². The lowest BCUT2D eigenvalue weighted by molar-refractivity contribution is -0.0504. The average molecular weight is 388 g/mol. The zero-order valence-electron chi connectivity index (χ0n) is 9.38. The number of hydrogen-bond acceptors (Lipinski definition) is 3. The molecule has 0 spiro atoms. The predicted molar refractivity (Wildman–Crippen MR) is 69.4 cm³/mol. The van der Waals surface area contributed by atoms with Gasteiger partial charge in [0.05, 0.1) is 6.61 Å². The Morgan fingerprint density at radius 3 is 2.61 bits per heavy atom. The summed E-state index contributed by atoms with van der Waals surface area (Å²) < 4.78 is 34.3. The smallest absolute Gasteiger partial charge is 0.387 e. The van der Waals surface area contributed by atoms with Gasteiger partial charge in [-0.1, -0.05) is 31.9 Å². The summed E-state index contributed by atoms with van der Waals surface area (Å²) in [5, 5.41) is 0.441. The van der Waals surface area contributed by atoms with Crippen LogP contribution in [0.3, 0.4) is 0 Å². The third-order valence-corrected chi connectivity index (χ3v) is 3.35. The van der Waals surface area contributed by atoms with E-state index in [2.05, 4.69) is 36.6 Å². The fraction of sp³-hybridized carbons (Fsp3) is 0.364. The summed E-state index contributed by atoms with van der Waals surface area (Å²) in [4.78, 5) is 11.6. The highest BCUT2D eigenvalue weighted by Gasteiger charge is 2.19. The summed E-state index contributed by atoms with van der Waals surface area (Å²) in [5.74, 6) is -0.893. The molecule has 1 aromatic carbocycles. The van der Waals surface area contributed by atoms with Gasteiger partial charge in [0.2, 0.25) is 0 Å². The molecule has 100 valence electrons. The second kappa shape index (κ2) is 7.04. The van der Waals surface area contributed by atoms with Crippen molar-refractivity contribution in [2.75, 3.05) is 6.61 Å². The van der Waals surface area contributed by atoms with E-state index < -0.39 is 12.6 Å². The molecule has 7 heteroatoms. The van der Waals surface area contributed by atoms with Crippen molar-refractivity contribution in [1.82, 2.24) is 0 Å². The van der Waals surface area contributed by atoms with Crippen LogP contribution >= 0.6 is 31.9 Å². The SMILES string of the molecule is CCOC(=O)c1cc(Br)c(CBr)cc1OC(F)F. The molecule has 0 aromatic heterocycles. The Bertz CT molecular complexity index is 439. The first kappa shape index (κ1) is 15.4. The van der Waals surface area contributed by atoms with E-state index in [4.69, 9.17) is 4.74 Å². The zero-order chi connectivity index (χ0) is 13.7. The van der Waals surface area contributed by atoms with Crippen molar-refractivity contribution in [3.63, 3.8) is 0 Å². The van der Waals surface area contributed by atoms with Crippen molar-refractivity contribution in [2.24, 2.45) is 0 Å². The van der Waals surface area contributed by atoms with Crippen molar-refractivity contribution in [1.29, 1.82) is 0 Å². The number of carbonyl (C=O) groups is 1. The van der Waals surface area contributed by atoms with Gasteiger partial charge in [0.1, 0.15) is 11.3 Å². The number of rotatable bonds is 5. The monoisotopic (exact) mass is 386 g/mol. The van der Waals surface area contributed by atoms with Crippen molar-refractivity contribution in [3.8, 4) is 5.75 Å². The third-order valence-electron chi connectivity index (χ3n) is 2.00. The van der Waals surface area contributed by atoms with Crippen LogP contribution in [-0.4, -0.2) is 19.2 Å². The minimum atomic E-state index is -3.00. The summed E-state index contributed by atoms with van der Waals surface area (Å²) in [6, 6.07) is 2.78. The quantitative estimate of drug-likeness (QED) is 0.563. The average Bonchev–Trinajstić information content (AvgIpc) is 2.30. The first-order valence-corrected chi connectivity index (χ1v) is 6.91. The van der Waals surface area contributed by atoms with Gasteiger partial charge >= 0.3 is 12.6 Å². The number of carbonyl (C=O) groups excluding carboxylic acids is 1. The molecule has 0 atom stereocenters. The van der Waals surface area contributed by atoms with E-state index in [1.54, 1.807) is 6.92 Å². The normalized spacial score (nSPS) is 10.6. The maximum Gasteiger partial charge on any atom is 0.387 e. The van der Waals surface area contributed by atoms with E-state index in [1.165, 1.54) is 12.1 Å². The van der Waals surface area contributed by atoms with Gasteiger partial charge in [-0.2, -0.15) is 8.78 Å². The number of hydrogen-bond donors (Lipinski definition) is 0. The van der Waals surface area contributed by atoms with Crippen LogP contribution in [0.4, 0.5) is 8.78 Å². The van der Waals surface area contributed by atoms with Gasteiger partial charge < -0.3 is 9.47 Å². The molecule has 18 heavy (non-hydrogen) atoms. The molecule has 3 nitrogen and oxygen atoms in total. The summed E-state index contributed by atoms with van der Waals surface area (Å²) in [5.41, 5.74) is 0.660. The van der Waals surface area contributed by atoms with Gasteiger partial charge in [0.15, 0.2) is 0 Å². The minimum Gasteiger partial charge on any atom is -0.462 e. The molecule has 0 saturated heterocycles. The number of ether oxygens (including phenoxy) is 2. The molecule has 0 bridgehead atoms. The summed E-state index contributed by atoms with van der Waals surface area (Å²) >= 11 is 6.46.